The monoisotopic (exact) mass is 400 g/mol. The van der Waals surface area contributed by atoms with Crippen LogP contribution >= 0.6 is 0 Å². The predicted molar refractivity (Wildman–Crippen MR) is 111 cm³/mol. The quantitative estimate of drug-likeness (QED) is 0.748. The SMILES string of the molecule is CN1C(=O)CC[C@@]2(C)C1=CCC1C2[C@@H](O)C[C@@]2(C)C1CC[C@@H]2NC(=O)C1CCC1. The van der Waals surface area contributed by atoms with Crippen LogP contribution in [0, 0.1) is 34.5 Å². The molecule has 1 saturated heterocycles. The minimum atomic E-state index is -0.377. The van der Waals surface area contributed by atoms with Crippen LogP contribution in [0.25, 0.3) is 0 Å². The maximum absolute atomic E-state index is 12.6. The van der Waals surface area contributed by atoms with Crippen LogP contribution in [0.15, 0.2) is 11.8 Å². The number of aliphatic hydroxyl groups excluding tert-OH is 1. The van der Waals surface area contributed by atoms with Crippen LogP contribution in [0.4, 0.5) is 0 Å². The molecule has 0 radical (unpaired) electrons. The van der Waals surface area contributed by atoms with Gasteiger partial charge in [-0.25, -0.2) is 0 Å². The van der Waals surface area contributed by atoms with Gasteiger partial charge < -0.3 is 15.3 Å². The summed E-state index contributed by atoms with van der Waals surface area (Å²) in [5.74, 6) is 1.82. The molecular formula is C24H36N2O3. The van der Waals surface area contributed by atoms with Gasteiger partial charge in [0.05, 0.1) is 6.10 Å². The normalized spacial score (nSPS) is 46.9. The van der Waals surface area contributed by atoms with Crippen molar-refractivity contribution in [3.8, 4) is 0 Å². The van der Waals surface area contributed by atoms with E-state index in [2.05, 4.69) is 25.2 Å². The van der Waals surface area contributed by atoms with E-state index in [4.69, 9.17) is 0 Å². The maximum atomic E-state index is 12.6. The fraction of sp³-hybridized carbons (Fsp3) is 0.833. The summed E-state index contributed by atoms with van der Waals surface area (Å²) in [6.07, 6.45) is 10.4. The second-order valence-corrected chi connectivity index (χ2v) is 11.0. The van der Waals surface area contributed by atoms with Crippen LogP contribution in [0.5, 0.6) is 0 Å². The molecule has 0 aromatic rings. The molecule has 1 aliphatic heterocycles. The summed E-state index contributed by atoms with van der Waals surface area (Å²) in [4.78, 5) is 26.8. The first-order valence-corrected chi connectivity index (χ1v) is 11.7. The molecule has 5 nitrogen and oxygen atoms in total. The van der Waals surface area contributed by atoms with E-state index in [0.717, 1.165) is 50.6 Å². The lowest BCUT2D eigenvalue weighted by atomic mass is 9.48. The van der Waals surface area contributed by atoms with Gasteiger partial charge in [0.15, 0.2) is 0 Å². The van der Waals surface area contributed by atoms with Gasteiger partial charge in [0, 0.05) is 36.5 Å². The topological polar surface area (TPSA) is 69.6 Å². The highest BCUT2D eigenvalue weighted by atomic mass is 16.3. The average Bonchev–Trinajstić information content (AvgIpc) is 2.92. The average molecular weight is 401 g/mol. The Morgan fingerprint density at radius 3 is 2.69 bits per heavy atom. The molecule has 29 heavy (non-hydrogen) atoms. The molecule has 4 fully saturated rings. The summed E-state index contributed by atoms with van der Waals surface area (Å²) in [6.45, 7) is 4.59. The number of carbonyl (C=O) groups is 2. The molecule has 5 heteroatoms. The van der Waals surface area contributed by atoms with Gasteiger partial charge in [-0.1, -0.05) is 26.3 Å². The molecule has 160 valence electrons. The number of fused-ring (bicyclic) bond motifs is 5. The fourth-order valence-corrected chi connectivity index (χ4v) is 7.91. The van der Waals surface area contributed by atoms with E-state index in [1.54, 1.807) is 0 Å². The van der Waals surface area contributed by atoms with Crippen molar-refractivity contribution >= 4 is 11.8 Å². The van der Waals surface area contributed by atoms with Gasteiger partial charge in [-0.3, -0.25) is 9.59 Å². The van der Waals surface area contributed by atoms with E-state index in [0.29, 0.717) is 18.3 Å². The van der Waals surface area contributed by atoms with Crippen molar-refractivity contribution in [2.45, 2.75) is 83.8 Å². The molecular weight excluding hydrogens is 364 g/mol. The molecule has 3 unspecified atom stereocenters. The van der Waals surface area contributed by atoms with Crippen LogP contribution in [0.2, 0.25) is 0 Å². The van der Waals surface area contributed by atoms with Crippen molar-refractivity contribution in [3.63, 3.8) is 0 Å². The third-order valence-electron chi connectivity index (χ3n) is 9.74. The summed E-state index contributed by atoms with van der Waals surface area (Å²) < 4.78 is 0. The van der Waals surface area contributed by atoms with E-state index in [-0.39, 0.29) is 46.6 Å². The zero-order valence-electron chi connectivity index (χ0n) is 18.1. The highest BCUT2D eigenvalue weighted by Gasteiger charge is 2.62. The molecule has 0 spiro atoms. The lowest BCUT2D eigenvalue weighted by molar-refractivity contribution is -0.146. The van der Waals surface area contributed by atoms with Gasteiger partial charge in [0.1, 0.15) is 0 Å². The minimum Gasteiger partial charge on any atom is -0.393 e. The predicted octanol–water partition coefficient (Wildman–Crippen LogP) is 3.23. The number of likely N-dealkylation sites (tertiary alicyclic amines) is 1. The third-order valence-corrected chi connectivity index (χ3v) is 9.74. The highest BCUT2D eigenvalue weighted by molar-refractivity contribution is 5.80. The Hall–Kier alpha value is -1.36. The van der Waals surface area contributed by atoms with Crippen LogP contribution < -0.4 is 5.32 Å². The number of nitrogens with zero attached hydrogens (tertiary/aromatic N) is 1. The number of aliphatic hydroxyl groups is 1. The molecule has 5 aliphatic rings. The lowest BCUT2D eigenvalue weighted by Crippen LogP contribution is -2.60. The number of carbonyl (C=O) groups excluding carboxylic acids is 2. The zero-order valence-corrected chi connectivity index (χ0v) is 18.1. The number of piperidine rings is 1. The first-order chi connectivity index (χ1) is 13.8. The molecule has 0 aromatic carbocycles. The first kappa shape index (κ1) is 19.6. The molecule has 2 N–H and O–H groups in total. The Morgan fingerprint density at radius 1 is 1.24 bits per heavy atom. The lowest BCUT2D eigenvalue weighted by Gasteiger charge is -2.60. The largest absolute Gasteiger partial charge is 0.393 e. The number of hydrogen-bond donors (Lipinski definition) is 2. The van der Waals surface area contributed by atoms with Crippen molar-refractivity contribution in [1.29, 1.82) is 0 Å². The number of nitrogens with one attached hydrogen (secondary N) is 1. The second-order valence-electron chi connectivity index (χ2n) is 11.0. The van der Waals surface area contributed by atoms with Crippen molar-refractivity contribution in [3.05, 3.63) is 11.8 Å². The van der Waals surface area contributed by atoms with E-state index in [1.165, 1.54) is 6.42 Å². The van der Waals surface area contributed by atoms with Gasteiger partial charge in [-0.15, -0.1) is 0 Å². The molecule has 2 amide bonds. The Kier molecular flexibility index (Phi) is 4.44. The number of hydrogen-bond acceptors (Lipinski definition) is 3. The summed E-state index contributed by atoms with van der Waals surface area (Å²) in [7, 11) is 1.90. The van der Waals surface area contributed by atoms with Crippen LogP contribution in [-0.4, -0.2) is 41.0 Å². The molecule has 1 heterocycles. The van der Waals surface area contributed by atoms with Crippen molar-refractivity contribution in [2.75, 3.05) is 7.05 Å². The summed E-state index contributed by atoms with van der Waals surface area (Å²) in [5, 5.41) is 14.8. The van der Waals surface area contributed by atoms with Crippen molar-refractivity contribution < 1.29 is 14.7 Å². The summed E-state index contributed by atoms with van der Waals surface area (Å²) in [6, 6.07) is 0.185. The molecule has 0 bridgehead atoms. The highest BCUT2D eigenvalue weighted by Crippen LogP contribution is 2.64. The van der Waals surface area contributed by atoms with Gasteiger partial charge in [-0.2, -0.15) is 0 Å². The number of rotatable bonds is 2. The van der Waals surface area contributed by atoms with E-state index >= 15 is 0 Å². The van der Waals surface area contributed by atoms with E-state index in [1.807, 2.05) is 11.9 Å². The Bertz CT molecular complexity index is 759. The minimum absolute atomic E-state index is 0.0297. The van der Waals surface area contributed by atoms with Gasteiger partial charge in [0.2, 0.25) is 11.8 Å². The molecule has 3 saturated carbocycles. The van der Waals surface area contributed by atoms with Gasteiger partial charge in [-0.05, 0) is 68.1 Å². The third kappa shape index (κ3) is 2.68. The summed E-state index contributed by atoms with van der Waals surface area (Å²) in [5.41, 5.74) is 0.975. The fourth-order valence-electron chi connectivity index (χ4n) is 7.91. The van der Waals surface area contributed by atoms with Crippen molar-refractivity contribution in [1.82, 2.24) is 10.2 Å². The van der Waals surface area contributed by atoms with E-state index in [9.17, 15) is 14.7 Å². The van der Waals surface area contributed by atoms with Gasteiger partial charge >= 0.3 is 0 Å². The maximum Gasteiger partial charge on any atom is 0.226 e. The molecule has 7 atom stereocenters. The zero-order chi connectivity index (χ0) is 20.6. The first-order valence-electron chi connectivity index (χ1n) is 11.7. The standard InChI is InChI=1S/C24H36N2O3/c1-23-12-11-20(28)26(3)19(23)10-7-15-16-8-9-18(25-22(29)14-5-4-6-14)24(16,2)13-17(27)21(15)23/h10,14-18,21,27H,4-9,11-13H2,1-3H3,(H,25,29)/t15?,16?,17-,18-,21?,23-,24-/m0/s1. The second kappa shape index (κ2) is 6.57. The van der Waals surface area contributed by atoms with E-state index < -0.39 is 0 Å². The molecule has 0 aromatic heterocycles. The van der Waals surface area contributed by atoms with Crippen molar-refractivity contribution in [2.24, 2.45) is 34.5 Å². The van der Waals surface area contributed by atoms with Gasteiger partial charge in [0.25, 0.3) is 0 Å². The molecule has 5 rings (SSSR count). The Labute approximate surface area is 174 Å². The summed E-state index contributed by atoms with van der Waals surface area (Å²) >= 11 is 0. The van der Waals surface area contributed by atoms with Crippen LogP contribution in [-0.2, 0) is 9.59 Å². The van der Waals surface area contributed by atoms with Crippen LogP contribution in [0.1, 0.15) is 71.6 Å². The Morgan fingerprint density at radius 2 is 2.00 bits per heavy atom. The smallest absolute Gasteiger partial charge is 0.226 e. The Balaban J connectivity index is 1.42. The molecule has 4 aliphatic carbocycles. The number of amides is 2. The van der Waals surface area contributed by atoms with Crippen LogP contribution in [0.3, 0.4) is 0 Å². The number of allylic oxidation sites excluding steroid dienone is 2.